The predicted octanol–water partition coefficient (Wildman–Crippen LogP) is 4.81. The standard InChI is InChI=1S/C23H21FN4OS/c1-15-12-22(30-14-21(29)27-16(2)17-6-4-3-5-7-17)28-23(26-15)20(13-25-28)18-8-10-19(24)11-9-18/h3-13,16H,14H2,1-2H3,(H,27,29). The summed E-state index contributed by atoms with van der Waals surface area (Å²) in [6, 6.07) is 18.0. The SMILES string of the molecule is Cc1cc(SCC(=O)NC(C)c2ccccc2)n2ncc(-c3ccc(F)cc3)c2n1. The van der Waals surface area contributed by atoms with Crippen LogP contribution in [0.1, 0.15) is 24.2 Å². The highest BCUT2D eigenvalue weighted by atomic mass is 32.2. The lowest BCUT2D eigenvalue weighted by molar-refractivity contribution is -0.119. The molecule has 5 nitrogen and oxygen atoms in total. The second kappa shape index (κ2) is 8.67. The van der Waals surface area contributed by atoms with Crippen LogP contribution in [0.5, 0.6) is 0 Å². The molecule has 0 radical (unpaired) electrons. The van der Waals surface area contributed by atoms with Crippen LogP contribution in [0.4, 0.5) is 4.39 Å². The van der Waals surface area contributed by atoms with Gasteiger partial charge in [-0.25, -0.2) is 13.9 Å². The van der Waals surface area contributed by atoms with Crippen LogP contribution in [0.3, 0.4) is 0 Å². The maximum Gasteiger partial charge on any atom is 0.230 e. The van der Waals surface area contributed by atoms with Gasteiger partial charge in [-0.2, -0.15) is 5.10 Å². The first kappa shape index (κ1) is 20.1. The molecule has 4 aromatic rings. The van der Waals surface area contributed by atoms with E-state index in [-0.39, 0.29) is 23.5 Å². The van der Waals surface area contributed by atoms with E-state index in [9.17, 15) is 9.18 Å². The summed E-state index contributed by atoms with van der Waals surface area (Å²) in [5.74, 6) is -0.0715. The largest absolute Gasteiger partial charge is 0.349 e. The van der Waals surface area contributed by atoms with E-state index in [1.54, 1.807) is 22.8 Å². The Bertz CT molecular complexity index is 1180. The van der Waals surface area contributed by atoms with Crippen molar-refractivity contribution in [3.8, 4) is 11.1 Å². The number of aryl methyl sites for hydroxylation is 1. The number of aromatic nitrogens is 3. The van der Waals surface area contributed by atoms with Crippen LogP contribution in [0.2, 0.25) is 0 Å². The summed E-state index contributed by atoms with van der Waals surface area (Å²) < 4.78 is 15.0. The number of nitrogens with one attached hydrogen (secondary N) is 1. The summed E-state index contributed by atoms with van der Waals surface area (Å²) in [4.78, 5) is 17.1. The summed E-state index contributed by atoms with van der Waals surface area (Å²) in [5.41, 5.74) is 4.24. The fraction of sp³-hybridized carbons (Fsp3) is 0.174. The molecule has 30 heavy (non-hydrogen) atoms. The number of carbonyl (C=O) groups is 1. The van der Waals surface area contributed by atoms with Crippen molar-refractivity contribution in [3.63, 3.8) is 0 Å². The van der Waals surface area contributed by atoms with Crippen LogP contribution in [-0.4, -0.2) is 26.3 Å². The molecular weight excluding hydrogens is 399 g/mol. The Morgan fingerprint density at radius 2 is 1.90 bits per heavy atom. The van der Waals surface area contributed by atoms with E-state index in [1.165, 1.54) is 23.9 Å². The fourth-order valence-corrected chi connectivity index (χ4v) is 4.11. The third kappa shape index (κ3) is 4.36. The molecule has 0 bridgehead atoms. The highest BCUT2D eigenvalue weighted by molar-refractivity contribution is 7.99. The van der Waals surface area contributed by atoms with E-state index in [0.29, 0.717) is 5.65 Å². The van der Waals surface area contributed by atoms with Crippen LogP contribution in [0.25, 0.3) is 16.8 Å². The van der Waals surface area contributed by atoms with E-state index in [2.05, 4.69) is 15.4 Å². The Balaban J connectivity index is 1.52. The van der Waals surface area contributed by atoms with E-state index in [4.69, 9.17) is 0 Å². The molecule has 2 aromatic carbocycles. The van der Waals surface area contributed by atoms with Crippen LogP contribution < -0.4 is 5.32 Å². The number of benzene rings is 2. The molecule has 0 aliphatic rings. The number of fused-ring (bicyclic) bond motifs is 1. The molecule has 0 saturated carbocycles. The zero-order valence-corrected chi connectivity index (χ0v) is 17.5. The van der Waals surface area contributed by atoms with Crippen molar-refractivity contribution in [2.24, 2.45) is 0 Å². The van der Waals surface area contributed by atoms with Gasteiger partial charge in [-0.1, -0.05) is 54.2 Å². The highest BCUT2D eigenvalue weighted by Gasteiger charge is 2.15. The number of nitrogens with zero attached hydrogens (tertiary/aromatic N) is 3. The number of hydrogen-bond acceptors (Lipinski definition) is 4. The Labute approximate surface area is 178 Å². The topological polar surface area (TPSA) is 59.3 Å². The van der Waals surface area contributed by atoms with Gasteiger partial charge < -0.3 is 5.32 Å². The van der Waals surface area contributed by atoms with Crippen molar-refractivity contribution >= 4 is 23.3 Å². The van der Waals surface area contributed by atoms with Gasteiger partial charge in [-0.05, 0) is 43.2 Å². The number of hydrogen-bond donors (Lipinski definition) is 1. The first-order valence-electron chi connectivity index (χ1n) is 9.59. The monoisotopic (exact) mass is 420 g/mol. The van der Waals surface area contributed by atoms with Gasteiger partial charge in [0, 0.05) is 11.3 Å². The molecular formula is C23H21FN4OS. The Hall–Kier alpha value is -3.19. The molecule has 1 N–H and O–H groups in total. The molecule has 0 saturated heterocycles. The van der Waals surface area contributed by atoms with Crippen molar-refractivity contribution < 1.29 is 9.18 Å². The smallest absolute Gasteiger partial charge is 0.230 e. The maximum atomic E-state index is 13.3. The second-order valence-corrected chi connectivity index (χ2v) is 8.02. The van der Waals surface area contributed by atoms with E-state index in [1.807, 2.05) is 50.2 Å². The quantitative estimate of drug-likeness (QED) is 0.359. The zero-order chi connectivity index (χ0) is 21.1. The molecule has 1 amide bonds. The van der Waals surface area contributed by atoms with Gasteiger partial charge >= 0.3 is 0 Å². The lowest BCUT2D eigenvalue weighted by Crippen LogP contribution is -2.28. The molecule has 152 valence electrons. The van der Waals surface area contributed by atoms with Gasteiger partial charge in [-0.3, -0.25) is 4.79 Å². The first-order chi connectivity index (χ1) is 14.5. The first-order valence-corrected chi connectivity index (χ1v) is 10.6. The Kier molecular flexibility index (Phi) is 5.81. The fourth-order valence-electron chi connectivity index (χ4n) is 3.23. The normalized spacial score (nSPS) is 12.1. The van der Waals surface area contributed by atoms with E-state index >= 15 is 0 Å². The minimum atomic E-state index is -0.286. The van der Waals surface area contributed by atoms with Crippen LogP contribution >= 0.6 is 11.8 Å². The average molecular weight is 421 g/mol. The Morgan fingerprint density at radius 1 is 1.17 bits per heavy atom. The molecule has 0 aliphatic heterocycles. The second-order valence-electron chi connectivity index (χ2n) is 7.02. The predicted molar refractivity (Wildman–Crippen MR) is 117 cm³/mol. The molecule has 2 heterocycles. The van der Waals surface area contributed by atoms with Gasteiger partial charge in [0.15, 0.2) is 5.65 Å². The summed E-state index contributed by atoms with van der Waals surface area (Å²) in [6.07, 6.45) is 1.72. The van der Waals surface area contributed by atoms with Crippen molar-refractivity contribution in [3.05, 3.63) is 83.9 Å². The maximum absolute atomic E-state index is 13.3. The molecule has 1 unspecified atom stereocenters. The molecule has 1 atom stereocenters. The zero-order valence-electron chi connectivity index (χ0n) is 16.7. The number of carbonyl (C=O) groups excluding carboxylic acids is 1. The third-order valence-electron chi connectivity index (χ3n) is 4.75. The molecule has 2 aromatic heterocycles. The van der Waals surface area contributed by atoms with Gasteiger partial charge in [0.1, 0.15) is 10.8 Å². The van der Waals surface area contributed by atoms with Crippen molar-refractivity contribution in [1.82, 2.24) is 19.9 Å². The number of amides is 1. The van der Waals surface area contributed by atoms with Gasteiger partial charge in [0.25, 0.3) is 0 Å². The van der Waals surface area contributed by atoms with Crippen molar-refractivity contribution in [2.75, 3.05) is 5.75 Å². The molecule has 0 aliphatic carbocycles. The number of thioether (sulfide) groups is 1. The summed E-state index contributed by atoms with van der Waals surface area (Å²) in [6.45, 7) is 3.87. The Morgan fingerprint density at radius 3 is 2.63 bits per heavy atom. The van der Waals surface area contributed by atoms with Crippen LogP contribution in [-0.2, 0) is 4.79 Å². The van der Waals surface area contributed by atoms with E-state index < -0.39 is 0 Å². The van der Waals surface area contributed by atoms with Crippen molar-refractivity contribution in [1.29, 1.82) is 0 Å². The lowest BCUT2D eigenvalue weighted by atomic mass is 10.1. The average Bonchev–Trinajstić information content (AvgIpc) is 3.17. The third-order valence-corrected chi connectivity index (χ3v) is 5.74. The molecule has 7 heteroatoms. The summed E-state index contributed by atoms with van der Waals surface area (Å²) in [7, 11) is 0. The number of rotatable bonds is 6. The summed E-state index contributed by atoms with van der Waals surface area (Å²) >= 11 is 1.41. The summed E-state index contributed by atoms with van der Waals surface area (Å²) in [5, 5.41) is 8.30. The molecule has 0 fully saturated rings. The van der Waals surface area contributed by atoms with Crippen LogP contribution in [0, 0.1) is 12.7 Å². The van der Waals surface area contributed by atoms with Gasteiger partial charge in [-0.15, -0.1) is 0 Å². The van der Waals surface area contributed by atoms with E-state index in [0.717, 1.165) is 27.4 Å². The molecule has 0 spiro atoms. The van der Waals surface area contributed by atoms with Gasteiger partial charge in [0.2, 0.25) is 5.91 Å². The minimum absolute atomic E-state index is 0.0510. The van der Waals surface area contributed by atoms with Gasteiger partial charge in [0.05, 0.1) is 18.0 Å². The minimum Gasteiger partial charge on any atom is -0.349 e. The lowest BCUT2D eigenvalue weighted by Gasteiger charge is -2.14. The number of halogens is 1. The highest BCUT2D eigenvalue weighted by Crippen LogP contribution is 2.28. The molecule has 4 rings (SSSR count). The van der Waals surface area contributed by atoms with Crippen LogP contribution in [0.15, 0.2) is 71.9 Å². The van der Waals surface area contributed by atoms with Crippen molar-refractivity contribution in [2.45, 2.75) is 24.9 Å².